The lowest BCUT2D eigenvalue weighted by molar-refractivity contribution is 0.0241. The molecule has 1 saturated heterocycles. The molecular weight excluding hydrogens is 211 g/mol. The largest absolute Gasteiger partial charge is 0.487 e. The zero-order valence-electron chi connectivity index (χ0n) is 8.91. The molecule has 0 bridgehead atoms. The Kier molecular flexibility index (Phi) is 3.14. The minimum Gasteiger partial charge on any atom is -0.487 e. The van der Waals surface area contributed by atoms with Crippen molar-refractivity contribution in [2.75, 3.05) is 24.7 Å². The van der Waals surface area contributed by atoms with Gasteiger partial charge >= 0.3 is 0 Å². The third kappa shape index (κ3) is 2.19. The first-order valence-corrected chi connectivity index (χ1v) is 5.26. The Labute approximate surface area is 93.3 Å². The molecule has 1 aliphatic rings. The molecule has 4 nitrogen and oxygen atoms in total. The van der Waals surface area contributed by atoms with Crippen molar-refractivity contribution in [3.63, 3.8) is 0 Å². The fourth-order valence-corrected chi connectivity index (χ4v) is 1.65. The monoisotopic (exact) mass is 226 g/mol. The molecule has 0 radical (unpaired) electrons. The lowest BCUT2D eigenvalue weighted by Gasteiger charge is -2.23. The molecule has 1 fully saturated rings. The van der Waals surface area contributed by atoms with Crippen LogP contribution in [0.25, 0.3) is 0 Å². The molecule has 88 valence electrons. The van der Waals surface area contributed by atoms with Crippen LogP contribution in [0, 0.1) is 5.82 Å². The highest BCUT2D eigenvalue weighted by Gasteiger charge is 2.18. The van der Waals surface area contributed by atoms with Crippen molar-refractivity contribution in [3.05, 3.63) is 17.9 Å². The molecule has 0 aliphatic carbocycles. The summed E-state index contributed by atoms with van der Waals surface area (Å²) >= 11 is 0. The minimum atomic E-state index is -0.577. The van der Waals surface area contributed by atoms with E-state index in [-0.39, 0.29) is 23.2 Å². The number of nitrogen functional groups attached to an aromatic ring is 2. The van der Waals surface area contributed by atoms with Crippen molar-refractivity contribution in [3.8, 4) is 5.75 Å². The molecular formula is C11H15FN2O2. The van der Waals surface area contributed by atoms with Crippen molar-refractivity contribution >= 4 is 11.4 Å². The second-order valence-electron chi connectivity index (χ2n) is 3.81. The standard InChI is InChI=1S/C11H15FN2O2/c12-10-9(2-1-8(13)11(10)14)16-7-3-5-15-6-4-7/h1-2,7H,3-6,13-14H2. The van der Waals surface area contributed by atoms with E-state index in [1.165, 1.54) is 6.07 Å². The van der Waals surface area contributed by atoms with Gasteiger partial charge in [0.15, 0.2) is 11.6 Å². The number of nitrogens with two attached hydrogens (primary N) is 2. The molecule has 0 unspecified atom stereocenters. The van der Waals surface area contributed by atoms with Gasteiger partial charge in [-0.1, -0.05) is 0 Å². The minimum absolute atomic E-state index is 0.00808. The molecule has 1 aromatic rings. The second kappa shape index (κ2) is 4.57. The van der Waals surface area contributed by atoms with E-state index in [9.17, 15) is 4.39 Å². The molecule has 2 rings (SSSR count). The van der Waals surface area contributed by atoms with Crippen LogP contribution in [-0.2, 0) is 4.74 Å². The zero-order valence-corrected chi connectivity index (χ0v) is 8.91. The number of hydrogen-bond acceptors (Lipinski definition) is 4. The van der Waals surface area contributed by atoms with Gasteiger partial charge in [0.05, 0.1) is 24.6 Å². The Morgan fingerprint density at radius 3 is 2.62 bits per heavy atom. The van der Waals surface area contributed by atoms with E-state index in [1.54, 1.807) is 6.07 Å². The topological polar surface area (TPSA) is 70.5 Å². The molecule has 0 atom stereocenters. The number of benzene rings is 1. The van der Waals surface area contributed by atoms with E-state index in [1.807, 2.05) is 0 Å². The van der Waals surface area contributed by atoms with Crippen LogP contribution < -0.4 is 16.2 Å². The van der Waals surface area contributed by atoms with E-state index in [0.29, 0.717) is 13.2 Å². The Morgan fingerprint density at radius 1 is 1.25 bits per heavy atom. The summed E-state index contributed by atoms with van der Waals surface area (Å²) in [6.07, 6.45) is 1.53. The number of ether oxygens (including phenoxy) is 2. The Hall–Kier alpha value is -1.49. The van der Waals surface area contributed by atoms with Crippen molar-refractivity contribution in [2.45, 2.75) is 18.9 Å². The SMILES string of the molecule is Nc1ccc(OC2CCOCC2)c(F)c1N. The predicted octanol–water partition coefficient (Wildman–Crippen LogP) is 1.55. The summed E-state index contributed by atoms with van der Waals surface area (Å²) < 4.78 is 24.4. The lowest BCUT2D eigenvalue weighted by atomic mass is 10.1. The highest BCUT2D eigenvalue weighted by Crippen LogP contribution is 2.29. The fourth-order valence-electron chi connectivity index (χ4n) is 1.65. The molecule has 16 heavy (non-hydrogen) atoms. The van der Waals surface area contributed by atoms with E-state index in [0.717, 1.165) is 12.8 Å². The molecule has 4 N–H and O–H groups in total. The Balaban J connectivity index is 2.11. The highest BCUT2D eigenvalue weighted by atomic mass is 19.1. The van der Waals surface area contributed by atoms with Gasteiger partial charge in [0.2, 0.25) is 0 Å². The van der Waals surface area contributed by atoms with E-state index >= 15 is 0 Å². The van der Waals surface area contributed by atoms with Crippen LogP contribution in [-0.4, -0.2) is 19.3 Å². The molecule has 1 aliphatic heterocycles. The summed E-state index contributed by atoms with van der Waals surface area (Å²) in [5.74, 6) is -0.412. The maximum Gasteiger partial charge on any atom is 0.190 e. The third-order valence-corrected chi connectivity index (χ3v) is 2.64. The highest BCUT2D eigenvalue weighted by molar-refractivity contribution is 5.66. The molecule has 0 amide bonds. The van der Waals surface area contributed by atoms with Gasteiger partial charge in [0.25, 0.3) is 0 Å². The maximum absolute atomic E-state index is 13.7. The average Bonchev–Trinajstić information content (AvgIpc) is 2.31. The normalized spacial score (nSPS) is 17.3. The summed E-state index contributed by atoms with van der Waals surface area (Å²) in [4.78, 5) is 0. The number of hydrogen-bond donors (Lipinski definition) is 2. The van der Waals surface area contributed by atoms with E-state index < -0.39 is 5.82 Å². The van der Waals surface area contributed by atoms with Crippen LogP contribution in [0.15, 0.2) is 12.1 Å². The first kappa shape index (κ1) is 11.0. The molecule has 0 saturated carbocycles. The summed E-state index contributed by atoms with van der Waals surface area (Å²) in [5, 5.41) is 0. The quantitative estimate of drug-likeness (QED) is 0.750. The second-order valence-corrected chi connectivity index (χ2v) is 3.81. The van der Waals surface area contributed by atoms with E-state index in [2.05, 4.69) is 0 Å². The van der Waals surface area contributed by atoms with Gasteiger partial charge in [-0.25, -0.2) is 4.39 Å². The molecule has 1 aromatic carbocycles. The summed E-state index contributed by atoms with van der Waals surface area (Å²) in [5.41, 5.74) is 11.1. The first-order valence-electron chi connectivity index (χ1n) is 5.26. The van der Waals surface area contributed by atoms with Crippen molar-refractivity contribution in [2.24, 2.45) is 0 Å². The van der Waals surface area contributed by atoms with Gasteiger partial charge in [0, 0.05) is 12.8 Å². The van der Waals surface area contributed by atoms with Crippen molar-refractivity contribution in [1.82, 2.24) is 0 Å². The molecule has 5 heteroatoms. The summed E-state index contributed by atoms with van der Waals surface area (Å²) in [6.45, 7) is 1.30. The van der Waals surface area contributed by atoms with Gasteiger partial charge in [-0.15, -0.1) is 0 Å². The van der Waals surface area contributed by atoms with Crippen LogP contribution in [0.3, 0.4) is 0 Å². The Bertz CT molecular complexity index is 378. The lowest BCUT2D eigenvalue weighted by Crippen LogP contribution is -2.26. The number of halogens is 1. The smallest absolute Gasteiger partial charge is 0.190 e. The number of anilines is 2. The number of rotatable bonds is 2. The van der Waals surface area contributed by atoms with Crippen molar-refractivity contribution < 1.29 is 13.9 Å². The molecule has 1 heterocycles. The van der Waals surface area contributed by atoms with Gasteiger partial charge < -0.3 is 20.9 Å². The van der Waals surface area contributed by atoms with Gasteiger partial charge in [-0.3, -0.25) is 0 Å². The van der Waals surface area contributed by atoms with Crippen molar-refractivity contribution in [1.29, 1.82) is 0 Å². The van der Waals surface area contributed by atoms with Crippen LogP contribution in [0.2, 0.25) is 0 Å². The van der Waals surface area contributed by atoms with Crippen LogP contribution in [0.4, 0.5) is 15.8 Å². The van der Waals surface area contributed by atoms with E-state index in [4.69, 9.17) is 20.9 Å². The maximum atomic E-state index is 13.7. The molecule has 0 aromatic heterocycles. The summed E-state index contributed by atoms with van der Waals surface area (Å²) in [7, 11) is 0. The van der Waals surface area contributed by atoms with Crippen LogP contribution in [0.5, 0.6) is 5.75 Å². The molecule has 0 spiro atoms. The average molecular weight is 226 g/mol. The Morgan fingerprint density at radius 2 is 1.94 bits per heavy atom. The van der Waals surface area contributed by atoms with Crippen LogP contribution >= 0.6 is 0 Å². The zero-order chi connectivity index (χ0) is 11.5. The van der Waals surface area contributed by atoms with Crippen LogP contribution in [0.1, 0.15) is 12.8 Å². The van der Waals surface area contributed by atoms with Gasteiger partial charge in [0.1, 0.15) is 6.10 Å². The fraction of sp³-hybridized carbons (Fsp3) is 0.455. The third-order valence-electron chi connectivity index (χ3n) is 2.64. The van der Waals surface area contributed by atoms with Gasteiger partial charge in [-0.2, -0.15) is 0 Å². The summed E-state index contributed by atoms with van der Waals surface area (Å²) in [6, 6.07) is 3.06. The first-order chi connectivity index (χ1) is 7.68. The predicted molar refractivity (Wildman–Crippen MR) is 59.7 cm³/mol. The van der Waals surface area contributed by atoms with Gasteiger partial charge in [-0.05, 0) is 12.1 Å².